The molecule has 3 unspecified atom stereocenters. The molecule has 2 fully saturated rings. The van der Waals surface area contributed by atoms with E-state index in [9.17, 15) is 4.79 Å². The van der Waals surface area contributed by atoms with Gasteiger partial charge in [0.05, 0.1) is 13.0 Å². The predicted molar refractivity (Wildman–Crippen MR) is 51.8 cm³/mol. The summed E-state index contributed by atoms with van der Waals surface area (Å²) >= 11 is 0. The summed E-state index contributed by atoms with van der Waals surface area (Å²) < 4.78 is 4.78. The Morgan fingerprint density at radius 2 is 2.15 bits per heavy atom. The summed E-state index contributed by atoms with van der Waals surface area (Å²) in [7, 11) is 1.48. The van der Waals surface area contributed by atoms with Crippen LogP contribution in [0.1, 0.15) is 12.8 Å². The summed E-state index contributed by atoms with van der Waals surface area (Å²) in [6.45, 7) is 2.10. The van der Waals surface area contributed by atoms with Crippen molar-refractivity contribution in [1.29, 1.82) is 0 Å². The maximum Gasteiger partial charge on any atom is 0.308 e. The number of fused-ring (bicyclic) bond motifs is 1. The maximum absolute atomic E-state index is 11.3. The molecule has 0 aromatic heterocycles. The van der Waals surface area contributed by atoms with Crippen molar-refractivity contribution < 1.29 is 9.53 Å². The van der Waals surface area contributed by atoms with Crippen molar-refractivity contribution in [2.24, 2.45) is 17.8 Å². The minimum atomic E-state index is -0.00815. The second-order valence-electron chi connectivity index (χ2n) is 3.79. The van der Waals surface area contributed by atoms with Gasteiger partial charge in [-0.1, -0.05) is 0 Å². The van der Waals surface area contributed by atoms with E-state index in [0.717, 1.165) is 25.4 Å². The third kappa shape index (κ3) is 1.81. The standard InChI is InChI=1S/C9H15NO2.ClH/c1-12-9(11)7-3-2-6-4-10-5-8(6)7;/h6-8,10H,2-5H2,1H3;1H. The lowest BCUT2D eigenvalue weighted by Gasteiger charge is -2.14. The molecule has 0 radical (unpaired) electrons. The molecule has 1 aliphatic heterocycles. The summed E-state index contributed by atoms with van der Waals surface area (Å²) in [5, 5.41) is 3.33. The zero-order chi connectivity index (χ0) is 8.55. The highest BCUT2D eigenvalue weighted by molar-refractivity contribution is 5.85. The van der Waals surface area contributed by atoms with Crippen LogP contribution in [0.3, 0.4) is 0 Å². The van der Waals surface area contributed by atoms with Gasteiger partial charge >= 0.3 is 5.97 Å². The summed E-state index contributed by atoms with van der Waals surface area (Å²) in [4.78, 5) is 11.3. The van der Waals surface area contributed by atoms with Crippen LogP contribution in [0, 0.1) is 17.8 Å². The Hall–Kier alpha value is -0.280. The fourth-order valence-corrected chi connectivity index (χ4v) is 2.59. The van der Waals surface area contributed by atoms with E-state index in [1.54, 1.807) is 0 Å². The minimum Gasteiger partial charge on any atom is -0.469 e. The fraction of sp³-hybridized carbons (Fsp3) is 0.889. The first-order valence-corrected chi connectivity index (χ1v) is 4.61. The number of esters is 1. The lowest BCUT2D eigenvalue weighted by Crippen LogP contribution is -2.24. The summed E-state index contributed by atoms with van der Waals surface area (Å²) in [6.07, 6.45) is 2.22. The number of rotatable bonds is 1. The van der Waals surface area contributed by atoms with Gasteiger partial charge in [-0.3, -0.25) is 4.79 Å². The van der Waals surface area contributed by atoms with Gasteiger partial charge in [-0.05, 0) is 37.8 Å². The Kier molecular flexibility index (Phi) is 3.56. The first kappa shape index (κ1) is 10.8. The SMILES string of the molecule is COC(=O)C1CCC2CNCC21.Cl. The molecule has 3 nitrogen and oxygen atoms in total. The highest BCUT2D eigenvalue weighted by Crippen LogP contribution is 2.39. The monoisotopic (exact) mass is 205 g/mol. The second kappa shape index (κ2) is 4.29. The van der Waals surface area contributed by atoms with Gasteiger partial charge in [0, 0.05) is 0 Å². The summed E-state index contributed by atoms with van der Waals surface area (Å²) in [5.41, 5.74) is 0. The highest BCUT2D eigenvalue weighted by atomic mass is 35.5. The van der Waals surface area contributed by atoms with Crippen LogP contribution in [0.15, 0.2) is 0 Å². The van der Waals surface area contributed by atoms with E-state index in [2.05, 4.69) is 5.32 Å². The largest absolute Gasteiger partial charge is 0.469 e. The molecule has 0 amide bonds. The fourth-order valence-electron chi connectivity index (χ4n) is 2.59. The van der Waals surface area contributed by atoms with Crippen molar-refractivity contribution >= 4 is 18.4 Å². The smallest absolute Gasteiger partial charge is 0.308 e. The van der Waals surface area contributed by atoms with Crippen LogP contribution < -0.4 is 5.32 Å². The predicted octanol–water partition coefficient (Wildman–Crippen LogP) is 0.827. The van der Waals surface area contributed by atoms with Crippen LogP contribution in [-0.2, 0) is 9.53 Å². The van der Waals surface area contributed by atoms with E-state index in [0.29, 0.717) is 5.92 Å². The number of halogens is 1. The van der Waals surface area contributed by atoms with Gasteiger partial charge < -0.3 is 10.1 Å². The van der Waals surface area contributed by atoms with Crippen molar-refractivity contribution in [2.75, 3.05) is 20.2 Å². The zero-order valence-corrected chi connectivity index (χ0v) is 8.60. The Morgan fingerprint density at radius 1 is 1.38 bits per heavy atom. The molecule has 76 valence electrons. The number of hydrogen-bond acceptors (Lipinski definition) is 3. The second-order valence-corrected chi connectivity index (χ2v) is 3.79. The number of carbonyl (C=O) groups is 1. The quantitative estimate of drug-likeness (QED) is 0.645. The first-order chi connectivity index (χ1) is 5.83. The molecule has 2 aliphatic rings. The van der Waals surface area contributed by atoms with Gasteiger partial charge in [-0.15, -0.1) is 12.4 Å². The lowest BCUT2D eigenvalue weighted by molar-refractivity contribution is -0.146. The highest BCUT2D eigenvalue weighted by Gasteiger charge is 2.43. The molecule has 0 aromatic carbocycles. The third-order valence-electron chi connectivity index (χ3n) is 3.26. The number of nitrogens with one attached hydrogen (secondary N) is 1. The average Bonchev–Trinajstić information content (AvgIpc) is 2.62. The van der Waals surface area contributed by atoms with E-state index in [1.807, 2.05) is 0 Å². The molecule has 1 saturated carbocycles. The molecule has 1 saturated heterocycles. The molecular weight excluding hydrogens is 190 g/mol. The van der Waals surface area contributed by atoms with Gasteiger partial charge in [0.25, 0.3) is 0 Å². The molecular formula is C9H16ClNO2. The Morgan fingerprint density at radius 3 is 2.85 bits per heavy atom. The molecule has 3 atom stereocenters. The van der Waals surface area contributed by atoms with Crippen LogP contribution in [-0.4, -0.2) is 26.2 Å². The zero-order valence-electron chi connectivity index (χ0n) is 7.79. The van der Waals surface area contributed by atoms with E-state index >= 15 is 0 Å². The van der Waals surface area contributed by atoms with Crippen LogP contribution in [0.4, 0.5) is 0 Å². The van der Waals surface area contributed by atoms with E-state index in [4.69, 9.17) is 4.74 Å². The molecule has 4 heteroatoms. The van der Waals surface area contributed by atoms with Crippen molar-refractivity contribution in [1.82, 2.24) is 5.32 Å². The number of methoxy groups -OCH3 is 1. The molecule has 1 heterocycles. The van der Waals surface area contributed by atoms with Crippen LogP contribution >= 0.6 is 12.4 Å². The Balaban J connectivity index is 0.000000845. The molecule has 0 spiro atoms. The number of ether oxygens (including phenoxy) is 1. The van der Waals surface area contributed by atoms with Crippen LogP contribution in [0.5, 0.6) is 0 Å². The van der Waals surface area contributed by atoms with E-state index < -0.39 is 0 Å². The molecule has 2 rings (SSSR count). The number of carbonyl (C=O) groups excluding carboxylic acids is 1. The first-order valence-electron chi connectivity index (χ1n) is 4.61. The van der Waals surface area contributed by atoms with Gasteiger partial charge in [0.2, 0.25) is 0 Å². The van der Waals surface area contributed by atoms with E-state index in [-0.39, 0.29) is 24.3 Å². The molecule has 0 aromatic rings. The summed E-state index contributed by atoms with van der Waals surface area (Å²) in [6, 6.07) is 0. The molecule has 1 N–H and O–H groups in total. The molecule has 0 bridgehead atoms. The third-order valence-corrected chi connectivity index (χ3v) is 3.26. The molecule has 13 heavy (non-hydrogen) atoms. The Labute approximate surface area is 84.6 Å². The topological polar surface area (TPSA) is 38.3 Å². The van der Waals surface area contributed by atoms with Crippen LogP contribution in [0.25, 0.3) is 0 Å². The lowest BCUT2D eigenvalue weighted by atomic mass is 9.93. The van der Waals surface area contributed by atoms with Crippen molar-refractivity contribution in [3.05, 3.63) is 0 Å². The minimum absolute atomic E-state index is 0. The Bertz CT molecular complexity index is 198. The van der Waals surface area contributed by atoms with E-state index in [1.165, 1.54) is 13.5 Å². The summed E-state index contributed by atoms with van der Waals surface area (Å²) in [5.74, 6) is 1.45. The number of hydrogen-bond donors (Lipinski definition) is 1. The normalized spacial score (nSPS) is 36.5. The van der Waals surface area contributed by atoms with Gasteiger partial charge in [-0.25, -0.2) is 0 Å². The maximum atomic E-state index is 11.3. The van der Waals surface area contributed by atoms with Crippen molar-refractivity contribution in [3.63, 3.8) is 0 Å². The van der Waals surface area contributed by atoms with Crippen molar-refractivity contribution in [2.45, 2.75) is 12.8 Å². The van der Waals surface area contributed by atoms with Crippen LogP contribution in [0.2, 0.25) is 0 Å². The van der Waals surface area contributed by atoms with Gasteiger partial charge in [-0.2, -0.15) is 0 Å². The van der Waals surface area contributed by atoms with Crippen molar-refractivity contribution in [3.8, 4) is 0 Å². The van der Waals surface area contributed by atoms with Gasteiger partial charge in [0.1, 0.15) is 0 Å². The van der Waals surface area contributed by atoms with Gasteiger partial charge in [0.15, 0.2) is 0 Å². The average molecular weight is 206 g/mol. The molecule has 1 aliphatic carbocycles.